The number of hydrogen-bond acceptors (Lipinski definition) is 3. The summed E-state index contributed by atoms with van der Waals surface area (Å²) in [7, 11) is 0. The number of carbonyl (C=O) groups excluding carboxylic acids is 1. The summed E-state index contributed by atoms with van der Waals surface area (Å²) in [6.07, 6.45) is 17.1. The zero-order valence-electron chi connectivity index (χ0n) is 22.5. The highest BCUT2D eigenvalue weighted by molar-refractivity contribution is 5.74. The molecule has 2 N–H and O–H groups in total. The second-order valence-corrected chi connectivity index (χ2v) is 10.9. The number of allylic oxidation sites excluding steroid dienone is 8. The molecule has 33 heavy (non-hydrogen) atoms. The quantitative estimate of drug-likeness (QED) is 0.169. The first-order valence-electron chi connectivity index (χ1n) is 12.9. The molecular weight excluding hydrogens is 408 g/mol. The highest BCUT2D eigenvalue weighted by atomic mass is 16.3. The monoisotopic (exact) mass is 458 g/mol. The zero-order valence-corrected chi connectivity index (χ0v) is 22.5. The molecule has 1 aliphatic rings. The standard InChI is InChI=1S/C30H50O3/c1-23(2)12-8-13-24(3)14-9-15-25(4)16-10-19-29(6)28(17-11-21-31)27(26(5)22-32)18-20-30(29,7)33/h12,14,16,22,28,31,33H,8-11,13,15,17-21H2,1-7H3/b24-14+,25-16+,27-26-/t28-,29+,30+/m1/s1. The number of hydrogen-bond donors (Lipinski definition) is 2. The lowest BCUT2D eigenvalue weighted by molar-refractivity contribution is -0.115. The van der Waals surface area contributed by atoms with Crippen molar-refractivity contribution in [1.29, 1.82) is 0 Å². The molecule has 0 spiro atoms. The van der Waals surface area contributed by atoms with Gasteiger partial charge in [-0.15, -0.1) is 0 Å². The summed E-state index contributed by atoms with van der Waals surface area (Å²) in [6.45, 7) is 14.9. The van der Waals surface area contributed by atoms with E-state index in [0.29, 0.717) is 12.8 Å². The lowest BCUT2D eigenvalue weighted by atomic mass is 9.54. The average Bonchev–Trinajstić information content (AvgIpc) is 2.74. The van der Waals surface area contributed by atoms with E-state index in [1.165, 1.54) is 22.3 Å². The highest BCUT2D eigenvalue weighted by Crippen LogP contribution is 2.55. The van der Waals surface area contributed by atoms with Gasteiger partial charge in [-0.2, -0.15) is 0 Å². The van der Waals surface area contributed by atoms with E-state index in [-0.39, 0.29) is 17.9 Å². The van der Waals surface area contributed by atoms with Crippen molar-refractivity contribution < 1.29 is 15.0 Å². The Balaban J connectivity index is 2.83. The lowest BCUT2D eigenvalue weighted by Gasteiger charge is -2.53. The number of rotatable bonds is 13. The summed E-state index contributed by atoms with van der Waals surface area (Å²) in [4.78, 5) is 11.5. The van der Waals surface area contributed by atoms with E-state index in [1.54, 1.807) is 0 Å². The maximum atomic E-state index is 11.5. The Labute approximate surface area is 203 Å². The Morgan fingerprint density at radius 2 is 1.55 bits per heavy atom. The van der Waals surface area contributed by atoms with E-state index in [0.717, 1.165) is 63.2 Å². The molecule has 0 radical (unpaired) electrons. The third-order valence-corrected chi connectivity index (χ3v) is 7.91. The van der Waals surface area contributed by atoms with Gasteiger partial charge in [0.15, 0.2) is 0 Å². The molecule has 1 aliphatic carbocycles. The van der Waals surface area contributed by atoms with E-state index < -0.39 is 5.60 Å². The molecule has 0 bridgehead atoms. The van der Waals surface area contributed by atoms with Gasteiger partial charge in [0.2, 0.25) is 0 Å². The molecule has 0 aliphatic heterocycles. The summed E-state index contributed by atoms with van der Waals surface area (Å²) in [5, 5.41) is 20.9. The minimum Gasteiger partial charge on any atom is -0.396 e. The summed E-state index contributed by atoms with van der Waals surface area (Å²) >= 11 is 0. The Kier molecular flexibility index (Phi) is 12.6. The summed E-state index contributed by atoms with van der Waals surface area (Å²) in [5.74, 6) is 0.124. The topological polar surface area (TPSA) is 57.5 Å². The number of aliphatic hydroxyl groups excluding tert-OH is 1. The van der Waals surface area contributed by atoms with Crippen molar-refractivity contribution in [1.82, 2.24) is 0 Å². The molecule has 3 nitrogen and oxygen atoms in total. The molecule has 0 unspecified atom stereocenters. The van der Waals surface area contributed by atoms with Gasteiger partial charge in [-0.3, -0.25) is 4.79 Å². The first kappa shape index (κ1) is 29.6. The maximum absolute atomic E-state index is 11.5. The minimum absolute atomic E-state index is 0.124. The van der Waals surface area contributed by atoms with Crippen molar-refractivity contribution in [3.63, 3.8) is 0 Å². The van der Waals surface area contributed by atoms with Crippen molar-refractivity contribution in [3.8, 4) is 0 Å². The molecule has 1 rings (SSSR count). The molecule has 0 amide bonds. The molecule has 0 heterocycles. The van der Waals surface area contributed by atoms with Gasteiger partial charge < -0.3 is 10.2 Å². The van der Waals surface area contributed by atoms with Gasteiger partial charge in [0, 0.05) is 12.0 Å². The van der Waals surface area contributed by atoms with E-state index in [9.17, 15) is 15.0 Å². The Morgan fingerprint density at radius 3 is 2.09 bits per heavy atom. The molecule has 0 aromatic carbocycles. The first-order chi connectivity index (χ1) is 15.5. The fourth-order valence-electron chi connectivity index (χ4n) is 5.33. The van der Waals surface area contributed by atoms with Crippen LogP contribution in [-0.4, -0.2) is 28.7 Å². The SMILES string of the molecule is CC(C)=CCC/C(C)=C/CC/C(C)=C/CC[C@@]1(C)[C@H](CCCO)/C(=C(/C)C=O)CC[C@]1(C)O. The van der Waals surface area contributed by atoms with Crippen molar-refractivity contribution in [2.45, 2.75) is 118 Å². The predicted molar refractivity (Wildman–Crippen MR) is 141 cm³/mol. The normalized spacial score (nSPS) is 28.0. The summed E-state index contributed by atoms with van der Waals surface area (Å²) in [5.41, 5.74) is 5.12. The van der Waals surface area contributed by atoms with Crippen LogP contribution in [0.5, 0.6) is 0 Å². The van der Waals surface area contributed by atoms with Crippen LogP contribution in [0.15, 0.2) is 46.1 Å². The zero-order chi connectivity index (χ0) is 25.1. The molecule has 3 atom stereocenters. The van der Waals surface area contributed by atoms with Crippen molar-refractivity contribution in [3.05, 3.63) is 46.1 Å². The van der Waals surface area contributed by atoms with Crippen LogP contribution in [-0.2, 0) is 4.79 Å². The largest absolute Gasteiger partial charge is 0.396 e. The van der Waals surface area contributed by atoms with Crippen LogP contribution in [0, 0.1) is 11.3 Å². The third kappa shape index (κ3) is 9.02. The van der Waals surface area contributed by atoms with Crippen molar-refractivity contribution >= 4 is 6.29 Å². The lowest BCUT2D eigenvalue weighted by Crippen LogP contribution is -2.52. The van der Waals surface area contributed by atoms with Crippen molar-refractivity contribution in [2.24, 2.45) is 11.3 Å². The maximum Gasteiger partial charge on any atom is 0.145 e. The Bertz CT molecular complexity index is 747. The number of aliphatic hydroxyl groups is 2. The average molecular weight is 459 g/mol. The molecule has 0 saturated heterocycles. The summed E-state index contributed by atoms with van der Waals surface area (Å²) < 4.78 is 0. The number of carbonyl (C=O) groups is 1. The molecule has 0 aromatic rings. The van der Waals surface area contributed by atoms with Gasteiger partial charge in [0.05, 0.1) is 5.60 Å². The second kappa shape index (κ2) is 14.1. The van der Waals surface area contributed by atoms with Crippen LogP contribution in [0.25, 0.3) is 0 Å². The van der Waals surface area contributed by atoms with Crippen LogP contribution in [0.2, 0.25) is 0 Å². The van der Waals surface area contributed by atoms with Crippen LogP contribution in [0.3, 0.4) is 0 Å². The van der Waals surface area contributed by atoms with Crippen molar-refractivity contribution in [2.75, 3.05) is 6.61 Å². The Morgan fingerprint density at radius 1 is 0.970 bits per heavy atom. The van der Waals surface area contributed by atoms with Gasteiger partial charge in [-0.1, -0.05) is 47.4 Å². The predicted octanol–water partition coefficient (Wildman–Crippen LogP) is 7.64. The van der Waals surface area contributed by atoms with Crippen LogP contribution in [0.1, 0.15) is 113 Å². The Hall–Kier alpha value is -1.45. The van der Waals surface area contributed by atoms with Gasteiger partial charge in [0.25, 0.3) is 0 Å². The molecule has 1 fully saturated rings. The van der Waals surface area contributed by atoms with Gasteiger partial charge >= 0.3 is 0 Å². The summed E-state index contributed by atoms with van der Waals surface area (Å²) in [6, 6.07) is 0. The number of aldehydes is 1. The highest BCUT2D eigenvalue weighted by Gasteiger charge is 2.51. The van der Waals surface area contributed by atoms with E-state index in [1.807, 2.05) is 13.8 Å². The van der Waals surface area contributed by atoms with Gasteiger partial charge in [0.1, 0.15) is 6.29 Å². The molecule has 0 aromatic heterocycles. The fraction of sp³-hybridized carbons (Fsp3) is 0.700. The molecular formula is C30H50O3. The molecule has 188 valence electrons. The van der Waals surface area contributed by atoms with E-state index in [4.69, 9.17) is 0 Å². The minimum atomic E-state index is -0.785. The van der Waals surface area contributed by atoms with Crippen LogP contribution >= 0.6 is 0 Å². The second-order valence-electron chi connectivity index (χ2n) is 10.9. The molecule has 3 heteroatoms. The van der Waals surface area contributed by atoms with Gasteiger partial charge in [-0.25, -0.2) is 0 Å². The van der Waals surface area contributed by atoms with Crippen LogP contribution in [0.4, 0.5) is 0 Å². The smallest absolute Gasteiger partial charge is 0.145 e. The van der Waals surface area contributed by atoms with E-state index in [2.05, 4.69) is 52.8 Å². The van der Waals surface area contributed by atoms with Crippen LogP contribution < -0.4 is 0 Å². The first-order valence-corrected chi connectivity index (χ1v) is 12.9. The molecule has 1 saturated carbocycles. The fourth-order valence-corrected chi connectivity index (χ4v) is 5.33. The third-order valence-electron chi connectivity index (χ3n) is 7.91. The van der Waals surface area contributed by atoms with Gasteiger partial charge in [-0.05, 0) is 117 Å². The van der Waals surface area contributed by atoms with E-state index >= 15 is 0 Å².